The molecule has 1 fully saturated rings. The molecule has 0 saturated carbocycles. The van der Waals surface area contributed by atoms with E-state index in [4.69, 9.17) is 4.42 Å². The summed E-state index contributed by atoms with van der Waals surface area (Å²) in [5, 5.41) is 10.5. The van der Waals surface area contributed by atoms with Crippen molar-refractivity contribution in [2.24, 2.45) is 5.92 Å². The first-order valence-corrected chi connectivity index (χ1v) is 6.14. The van der Waals surface area contributed by atoms with Crippen molar-refractivity contribution < 1.29 is 23.7 Å². The standard InChI is InChI=1S/C12H14N2O6/c1-19-12(16)8-3-2-6-13(7-8)11(15)9-4-5-10(20-9)14(17)18/h4-5,8H,2-3,6-7H2,1H3/t8-/m0/s1. The van der Waals surface area contributed by atoms with Gasteiger partial charge in [-0.3, -0.25) is 19.7 Å². The van der Waals surface area contributed by atoms with E-state index < -0.39 is 16.7 Å². The fourth-order valence-electron chi connectivity index (χ4n) is 2.22. The van der Waals surface area contributed by atoms with Crippen LogP contribution in [0, 0.1) is 16.0 Å². The van der Waals surface area contributed by atoms with Crippen LogP contribution < -0.4 is 0 Å². The van der Waals surface area contributed by atoms with Crippen LogP contribution in [-0.2, 0) is 9.53 Å². The van der Waals surface area contributed by atoms with Crippen molar-refractivity contribution in [1.29, 1.82) is 0 Å². The summed E-state index contributed by atoms with van der Waals surface area (Å²) in [5.41, 5.74) is 0. The lowest BCUT2D eigenvalue weighted by atomic mass is 9.98. The van der Waals surface area contributed by atoms with Crippen LogP contribution >= 0.6 is 0 Å². The molecule has 0 radical (unpaired) electrons. The number of nitrogens with zero attached hydrogens (tertiary/aromatic N) is 2. The van der Waals surface area contributed by atoms with E-state index in [0.29, 0.717) is 19.4 Å². The maximum absolute atomic E-state index is 12.1. The van der Waals surface area contributed by atoms with Gasteiger partial charge in [0.15, 0.2) is 5.76 Å². The van der Waals surface area contributed by atoms with Gasteiger partial charge in [0.05, 0.1) is 19.1 Å². The maximum atomic E-state index is 12.1. The molecule has 108 valence electrons. The highest BCUT2D eigenvalue weighted by atomic mass is 16.6. The van der Waals surface area contributed by atoms with Crippen molar-refractivity contribution in [1.82, 2.24) is 4.90 Å². The molecule has 1 atom stereocenters. The van der Waals surface area contributed by atoms with E-state index in [9.17, 15) is 19.7 Å². The van der Waals surface area contributed by atoms with Crippen LogP contribution in [0.2, 0.25) is 0 Å². The number of likely N-dealkylation sites (tertiary alicyclic amines) is 1. The van der Waals surface area contributed by atoms with Gasteiger partial charge in [0.2, 0.25) is 0 Å². The molecule has 0 bridgehead atoms. The van der Waals surface area contributed by atoms with E-state index in [1.165, 1.54) is 18.1 Å². The van der Waals surface area contributed by atoms with Gasteiger partial charge in [-0.05, 0) is 18.9 Å². The molecule has 20 heavy (non-hydrogen) atoms. The van der Waals surface area contributed by atoms with Crippen LogP contribution in [0.5, 0.6) is 0 Å². The number of esters is 1. The van der Waals surface area contributed by atoms with Crippen molar-refractivity contribution in [2.75, 3.05) is 20.2 Å². The zero-order chi connectivity index (χ0) is 14.7. The largest absolute Gasteiger partial charge is 0.469 e. The van der Waals surface area contributed by atoms with Crippen molar-refractivity contribution in [3.8, 4) is 0 Å². The van der Waals surface area contributed by atoms with E-state index in [0.717, 1.165) is 6.07 Å². The lowest BCUT2D eigenvalue weighted by Gasteiger charge is -2.30. The molecule has 1 aliphatic rings. The number of ether oxygens (including phenoxy) is 1. The average molecular weight is 282 g/mol. The van der Waals surface area contributed by atoms with Gasteiger partial charge in [-0.15, -0.1) is 0 Å². The molecule has 1 aromatic rings. The Balaban J connectivity index is 2.08. The summed E-state index contributed by atoms with van der Waals surface area (Å²) < 4.78 is 9.55. The zero-order valence-electron chi connectivity index (χ0n) is 10.9. The number of methoxy groups -OCH3 is 1. The van der Waals surface area contributed by atoms with Crippen LogP contribution in [0.3, 0.4) is 0 Å². The van der Waals surface area contributed by atoms with Crippen molar-refractivity contribution in [3.05, 3.63) is 28.0 Å². The molecule has 0 spiro atoms. The topological polar surface area (TPSA) is 103 Å². The fourth-order valence-corrected chi connectivity index (χ4v) is 2.22. The second kappa shape index (κ2) is 5.72. The third-order valence-electron chi connectivity index (χ3n) is 3.23. The molecular formula is C12H14N2O6. The van der Waals surface area contributed by atoms with Crippen molar-refractivity contribution >= 4 is 17.8 Å². The monoisotopic (exact) mass is 282 g/mol. The number of rotatable bonds is 3. The Labute approximate surface area is 114 Å². The average Bonchev–Trinajstić information content (AvgIpc) is 2.95. The molecule has 1 aliphatic heterocycles. The Morgan fingerprint density at radius 1 is 1.50 bits per heavy atom. The molecule has 0 unspecified atom stereocenters. The molecule has 2 rings (SSSR count). The Hall–Kier alpha value is -2.38. The molecule has 0 N–H and O–H groups in total. The van der Waals surface area contributed by atoms with Gasteiger partial charge in [-0.25, -0.2) is 0 Å². The zero-order valence-corrected chi connectivity index (χ0v) is 10.9. The minimum Gasteiger partial charge on any atom is -0.469 e. The smallest absolute Gasteiger partial charge is 0.433 e. The van der Waals surface area contributed by atoms with E-state index in [1.54, 1.807) is 0 Å². The Morgan fingerprint density at radius 2 is 2.25 bits per heavy atom. The second-order valence-electron chi connectivity index (χ2n) is 4.51. The second-order valence-corrected chi connectivity index (χ2v) is 4.51. The first-order chi connectivity index (χ1) is 9.52. The predicted octanol–water partition coefficient (Wildman–Crippen LogP) is 1.21. The van der Waals surface area contributed by atoms with E-state index in [1.807, 2.05) is 0 Å². The summed E-state index contributed by atoms with van der Waals surface area (Å²) in [6.45, 7) is 0.723. The highest BCUT2D eigenvalue weighted by molar-refractivity contribution is 5.92. The molecule has 1 amide bonds. The quantitative estimate of drug-likeness (QED) is 0.469. The van der Waals surface area contributed by atoms with E-state index in [-0.39, 0.29) is 24.2 Å². The summed E-state index contributed by atoms with van der Waals surface area (Å²) >= 11 is 0. The van der Waals surface area contributed by atoms with Crippen LogP contribution in [0.15, 0.2) is 16.5 Å². The van der Waals surface area contributed by atoms with Crippen LogP contribution in [0.25, 0.3) is 0 Å². The van der Waals surface area contributed by atoms with Crippen LogP contribution in [0.4, 0.5) is 5.88 Å². The summed E-state index contributed by atoms with van der Waals surface area (Å²) in [7, 11) is 1.30. The first kappa shape index (κ1) is 14.0. The first-order valence-electron chi connectivity index (χ1n) is 6.14. The molecule has 8 heteroatoms. The van der Waals surface area contributed by atoms with Gasteiger partial charge in [0, 0.05) is 13.1 Å². The van der Waals surface area contributed by atoms with Gasteiger partial charge >= 0.3 is 11.9 Å². The third-order valence-corrected chi connectivity index (χ3v) is 3.23. The summed E-state index contributed by atoms with van der Waals surface area (Å²) in [6, 6.07) is 2.40. The number of furan rings is 1. The lowest BCUT2D eigenvalue weighted by Crippen LogP contribution is -2.42. The minimum absolute atomic E-state index is 0.0952. The van der Waals surface area contributed by atoms with E-state index in [2.05, 4.69) is 4.74 Å². The van der Waals surface area contributed by atoms with E-state index >= 15 is 0 Å². The normalized spacial score (nSPS) is 18.6. The number of carbonyl (C=O) groups is 2. The SMILES string of the molecule is COC(=O)[C@H]1CCCN(C(=O)c2ccc([N+](=O)[O-])o2)C1. The maximum Gasteiger partial charge on any atom is 0.433 e. The molecule has 1 aromatic heterocycles. The predicted molar refractivity (Wildman–Crippen MR) is 66.0 cm³/mol. The Kier molecular flexibility index (Phi) is 4.02. The Bertz CT molecular complexity index is 538. The number of nitro groups is 1. The molecule has 0 aliphatic carbocycles. The summed E-state index contributed by atoms with van der Waals surface area (Å²) in [4.78, 5) is 34.9. The number of hydrogen-bond donors (Lipinski definition) is 0. The number of piperidine rings is 1. The van der Waals surface area contributed by atoms with Crippen LogP contribution in [0.1, 0.15) is 23.4 Å². The third kappa shape index (κ3) is 2.79. The summed E-state index contributed by atoms with van der Waals surface area (Å²) in [6.07, 6.45) is 1.34. The number of carbonyl (C=O) groups excluding carboxylic acids is 2. The summed E-state index contributed by atoms with van der Waals surface area (Å²) in [5.74, 6) is -1.74. The molecule has 8 nitrogen and oxygen atoms in total. The fraction of sp³-hybridized carbons (Fsp3) is 0.500. The molecular weight excluding hydrogens is 268 g/mol. The number of amides is 1. The van der Waals surface area contributed by atoms with Crippen LogP contribution in [-0.4, -0.2) is 41.9 Å². The molecule has 2 heterocycles. The minimum atomic E-state index is -0.704. The highest BCUT2D eigenvalue weighted by Gasteiger charge is 2.31. The van der Waals surface area contributed by atoms with Crippen molar-refractivity contribution in [2.45, 2.75) is 12.8 Å². The van der Waals surface area contributed by atoms with Gasteiger partial charge in [0.1, 0.15) is 4.92 Å². The van der Waals surface area contributed by atoms with Gasteiger partial charge in [-0.1, -0.05) is 0 Å². The molecule has 0 aromatic carbocycles. The van der Waals surface area contributed by atoms with Crippen molar-refractivity contribution in [3.63, 3.8) is 0 Å². The highest BCUT2D eigenvalue weighted by Crippen LogP contribution is 2.22. The Morgan fingerprint density at radius 3 is 2.85 bits per heavy atom. The lowest BCUT2D eigenvalue weighted by molar-refractivity contribution is -0.402. The van der Waals surface area contributed by atoms with Gasteiger partial charge in [0.25, 0.3) is 5.91 Å². The number of hydrogen-bond acceptors (Lipinski definition) is 6. The molecule has 1 saturated heterocycles. The van der Waals surface area contributed by atoms with Gasteiger partial charge < -0.3 is 14.1 Å². The van der Waals surface area contributed by atoms with Gasteiger partial charge in [-0.2, -0.15) is 0 Å².